The Morgan fingerprint density at radius 2 is 1.97 bits per heavy atom. The fourth-order valence-corrected chi connectivity index (χ4v) is 4.75. The molecule has 0 saturated heterocycles. The molecule has 2 aromatic carbocycles. The average molecular weight is 465 g/mol. The van der Waals surface area contributed by atoms with Crippen LogP contribution in [0.5, 0.6) is 5.75 Å². The van der Waals surface area contributed by atoms with Crippen LogP contribution in [0.3, 0.4) is 0 Å². The highest BCUT2D eigenvalue weighted by atomic mass is 32.2. The molecular weight excluding hydrogens is 436 g/mol. The second kappa shape index (κ2) is 9.79. The molecule has 0 bridgehead atoms. The van der Waals surface area contributed by atoms with E-state index in [0.717, 1.165) is 22.6 Å². The second-order valence-corrected chi connectivity index (χ2v) is 9.82. The van der Waals surface area contributed by atoms with Crippen molar-refractivity contribution in [3.8, 4) is 5.75 Å². The molecular formula is C25H28N4O3S. The molecule has 4 rings (SSSR count). The van der Waals surface area contributed by atoms with Crippen molar-refractivity contribution in [2.75, 3.05) is 7.11 Å². The van der Waals surface area contributed by atoms with Crippen LogP contribution in [0.15, 0.2) is 58.5 Å². The van der Waals surface area contributed by atoms with Crippen molar-refractivity contribution in [2.24, 2.45) is 15.9 Å². The number of methoxy groups -OCH3 is 1. The smallest absolute Gasteiger partial charge is 0.259 e. The van der Waals surface area contributed by atoms with Crippen LogP contribution in [0.4, 0.5) is 5.69 Å². The van der Waals surface area contributed by atoms with Crippen molar-refractivity contribution in [1.82, 2.24) is 10.2 Å². The molecule has 2 heterocycles. The normalized spacial score (nSPS) is 17.8. The van der Waals surface area contributed by atoms with Crippen LogP contribution in [0.2, 0.25) is 0 Å². The minimum Gasteiger partial charge on any atom is -0.497 e. The molecule has 2 atom stereocenters. The van der Waals surface area contributed by atoms with E-state index in [1.807, 2.05) is 55.5 Å². The topological polar surface area (TPSA) is 83.4 Å². The van der Waals surface area contributed by atoms with E-state index in [2.05, 4.69) is 19.2 Å². The summed E-state index contributed by atoms with van der Waals surface area (Å²) in [5.41, 5.74) is 2.55. The summed E-state index contributed by atoms with van der Waals surface area (Å²) in [4.78, 5) is 37.1. The molecule has 1 N–H and O–H groups in total. The number of benzene rings is 2. The van der Waals surface area contributed by atoms with Crippen molar-refractivity contribution >= 4 is 40.3 Å². The molecule has 2 aliphatic heterocycles. The van der Waals surface area contributed by atoms with E-state index in [-0.39, 0.29) is 11.8 Å². The first-order chi connectivity index (χ1) is 15.9. The number of aliphatic imine (C=N–C) groups is 2. The van der Waals surface area contributed by atoms with Crippen LogP contribution in [-0.2, 0) is 16.1 Å². The van der Waals surface area contributed by atoms with Crippen LogP contribution in [0.1, 0.15) is 38.3 Å². The molecule has 8 heteroatoms. The van der Waals surface area contributed by atoms with Gasteiger partial charge in [-0.25, -0.2) is 9.89 Å². The van der Waals surface area contributed by atoms with E-state index in [1.54, 1.807) is 12.0 Å². The third kappa shape index (κ3) is 4.95. The van der Waals surface area contributed by atoms with E-state index < -0.39 is 11.3 Å². The zero-order valence-corrected chi connectivity index (χ0v) is 20.1. The zero-order chi connectivity index (χ0) is 23.5. The Labute approximate surface area is 198 Å². The summed E-state index contributed by atoms with van der Waals surface area (Å²) in [7, 11) is 1.61. The predicted molar refractivity (Wildman–Crippen MR) is 132 cm³/mol. The van der Waals surface area contributed by atoms with Gasteiger partial charge in [-0.3, -0.25) is 14.6 Å². The fourth-order valence-electron chi connectivity index (χ4n) is 3.81. The van der Waals surface area contributed by atoms with Crippen LogP contribution >= 0.6 is 11.8 Å². The standard InChI is InChI=1S/C25H28N4O3S/c1-15(2)12-21-24(31)29-22(27-21)19-10-5-6-11-20(19)28-25(29)33-16(3)23(30)26-14-17-8-7-9-18(13-17)32-4/h5-11,13,15-16,21H,12,14H2,1-4H3,(H,26,30)/t16-,21-/m1/s1. The van der Waals surface area contributed by atoms with Crippen molar-refractivity contribution in [1.29, 1.82) is 0 Å². The third-order valence-electron chi connectivity index (χ3n) is 5.49. The second-order valence-electron chi connectivity index (χ2n) is 8.51. The maximum atomic E-state index is 13.2. The predicted octanol–water partition coefficient (Wildman–Crippen LogP) is 4.14. The molecule has 0 aromatic heterocycles. The monoisotopic (exact) mass is 464 g/mol. The number of fused-ring (bicyclic) bond motifs is 3. The molecule has 2 aliphatic rings. The number of ether oxygens (including phenoxy) is 1. The lowest BCUT2D eigenvalue weighted by Gasteiger charge is -2.27. The van der Waals surface area contributed by atoms with Crippen molar-refractivity contribution in [3.05, 3.63) is 59.7 Å². The van der Waals surface area contributed by atoms with Gasteiger partial charge in [-0.2, -0.15) is 0 Å². The van der Waals surface area contributed by atoms with Gasteiger partial charge in [0.25, 0.3) is 5.91 Å². The molecule has 0 saturated carbocycles. The van der Waals surface area contributed by atoms with Crippen LogP contribution in [0.25, 0.3) is 0 Å². The molecule has 0 fully saturated rings. The lowest BCUT2D eigenvalue weighted by molar-refractivity contribution is -0.125. The van der Waals surface area contributed by atoms with E-state index in [0.29, 0.717) is 29.9 Å². The number of hydrogen-bond donors (Lipinski definition) is 1. The first-order valence-electron chi connectivity index (χ1n) is 11.0. The van der Waals surface area contributed by atoms with Gasteiger partial charge in [-0.15, -0.1) is 0 Å². The molecule has 2 aromatic rings. The van der Waals surface area contributed by atoms with Gasteiger partial charge in [0.15, 0.2) is 5.17 Å². The first kappa shape index (κ1) is 23.0. The highest BCUT2D eigenvalue weighted by molar-refractivity contribution is 8.15. The number of hydrogen-bond acceptors (Lipinski definition) is 6. The number of para-hydroxylation sites is 1. The summed E-state index contributed by atoms with van der Waals surface area (Å²) in [6.45, 7) is 6.37. The Morgan fingerprint density at radius 3 is 2.73 bits per heavy atom. The van der Waals surface area contributed by atoms with E-state index in [9.17, 15) is 9.59 Å². The van der Waals surface area contributed by atoms with Gasteiger partial charge in [-0.1, -0.05) is 49.9 Å². The molecule has 172 valence electrons. The maximum absolute atomic E-state index is 13.2. The Kier molecular flexibility index (Phi) is 6.83. The Balaban J connectivity index is 1.50. The number of carbonyl (C=O) groups is 2. The minimum absolute atomic E-state index is 0.0801. The van der Waals surface area contributed by atoms with Gasteiger partial charge in [0.05, 0.1) is 18.0 Å². The quantitative estimate of drug-likeness (QED) is 0.668. The Bertz CT molecular complexity index is 1130. The van der Waals surface area contributed by atoms with Gasteiger partial charge in [-0.05, 0) is 49.1 Å². The molecule has 33 heavy (non-hydrogen) atoms. The summed E-state index contributed by atoms with van der Waals surface area (Å²) in [6, 6.07) is 14.8. The van der Waals surface area contributed by atoms with E-state index >= 15 is 0 Å². The summed E-state index contributed by atoms with van der Waals surface area (Å²) >= 11 is 1.27. The zero-order valence-electron chi connectivity index (χ0n) is 19.2. The van der Waals surface area contributed by atoms with Gasteiger partial charge >= 0.3 is 0 Å². The lowest BCUT2D eigenvalue weighted by atomic mass is 10.0. The van der Waals surface area contributed by atoms with Crippen molar-refractivity contribution < 1.29 is 14.3 Å². The minimum atomic E-state index is -0.446. The number of rotatable bonds is 7. The van der Waals surface area contributed by atoms with Crippen LogP contribution < -0.4 is 10.1 Å². The number of nitrogens with one attached hydrogen (secondary N) is 1. The molecule has 0 aliphatic carbocycles. The number of nitrogens with zero attached hydrogens (tertiary/aromatic N) is 3. The molecule has 7 nitrogen and oxygen atoms in total. The number of amidine groups is 2. The number of amides is 2. The Morgan fingerprint density at radius 1 is 1.18 bits per heavy atom. The highest BCUT2D eigenvalue weighted by Crippen LogP contribution is 2.35. The fraction of sp³-hybridized carbons (Fsp3) is 0.360. The summed E-state index contributed by atoms with van der Waals surface area (Å²) in [6.07, 6.45) is 0.676. The van der Waals surface area contributed by atoms with Gasteiger partial charge in [0.2, 0.25) is 5.91 Å². The lowest BCUT2D eigenvalue weighted by Crippen LogP contribution is -2.43. The molecule has 2 amide bonds. The molecule has 0 unspecified atom stereocenters. The number of thioether (sulfide) groups is 1. The van der Waals surface area contributed by atoms with Crippen molar-refractivity contribution in [2.45, 2.75) is 45.0 Å². The summed E-state index contributed by atoms with van der Waals surface area (Å²) < 4.78 is 5.24. The van der Waals surface area contributed by atoms with Gasteiger partial charge in [0, 0.05) is 12.1 Å². The molecule has 0 spiro atoms. The maximum Gasteiger partial charge on any atom is 0.259 e. The van der Waals surface area contributed by atoms with E-state index in [1.165, 1.54) is 11.8 Å². The largest absolute Gasteiger partial charge is 0.497 e. The SMILES string of the molecule is COc1cccc(CNC(=O)[C@@H](C)SC2=Nc3ccccc3C3=N[C@H](CC(C)C)C(=O)N23)c1. The van der Waals surface area contributed by atoms with E-state index in [4.69, 9.17) is 14.7 Å². The average Bonchev–Trinajstić information content (AvgIpc) is 3.13. The highest BCUT2D eigenvalue weighted by Gasteiger charge is 2.42. The Hall–Kier alpha value is -3.13. The van der Waals surface area contributed by atoms with Gasteiger partial charge in [0.1, 0.15) is 17.6 Å². The first-order valence-corrected chi connectivity index (χ1v) is 11.9. The molecule has 0 radical (unpaired) electrons. The summed E-state index contributed by atoms with van der Waals surface area (Å²) in [5, 5.41) is 3.01. The van der Waals surface area contributed by atoms with Crippen molar-refractivity contribution in [3.63, 3.8) is 0 Å². The van der Waals surface area contributed by atoms with Gasteiger partial charge < -0.3 is 10.1 Å². The third-order valence-corrected chi connectivity index (χ3v) is 6.55. The van der Waals surface area contributed by atoms with Crippen LogP contribution in [0, 0.1) is 5.92 Å². The van der Waals surface area contributed by atoms with Crippen LogP contribution in [-0.4, -0.2) is 46.1 Å². The number of carbonyl (C=O) groups excluding carboxylic acids is 2. The summed E-state index contributed by atoms with van der Waals surface area (Å²) in [5.74, 6) is 1.50.